The van der Waals surface area contributed by atoms with Crippen LogP contribution in [0.2, 0.25) is 0 Å². The Morgan fingerprint density at radius 1 is 0.733 bits per heavy atom. The van der Waals surface area contributed by atoms with Crippen LogP contribution in [-0.2, 0) is 0 Å². The summed E-state index contributed by atoms with van der Waals surface area (Å²) in [4.78, 5) is 38.9. The molecule has 5 aromatic rings. The van der Waals surface area contributed by atoms with E-state index in [-0.39, 0.29) is 23.0 Å². The number of aryl methyl sites for hydroxylation is 1. The van der Waals surface area contributed by atoms with E-state index in [4.69, 9.17) is 4.74 Å². The number of hydrogen-bond donors (Lipinski definition) is 4. The van der Waals surface area contributed by atoms with Crippen LogP contribution in [0.25, 0.3) is 10.8 Å². The molecule has 0 fully saturated rings. The zero-order valence-corrected chi connectivity index (χ0v) is 25.0. The number of anilines is 4. The molecule has 0 bridgehead atoms. The molecule has 0 aromatic heterocycles. The molecule has 0 spiro atoms. The standard InChI is InChI=1S/C37H32N4O4/c1-3-38-29-19-32-31(17-21(29)2)41-34-24-10-5-4-9-23(24)30(20-33(34)45-32)39-15-8-16-40-37(44)22-13-14-27-28(18-22)36(43)26-12-7-6-11-25(26)35(27)42/h4-7,9-14,17-20,38-39,41H,3,8,15-16H2,1-2H3,(H,40,44). The minimum atomic E-state index is -0.290. The van der Waals surface area contributed by atoms with E-state index in [1.807, 2.05) is 24.3 Å². The van der Waals surface area contributed by atoms with Gasteiger partial charge in [0.2, 0.25) is 0 Å². The molecule has 0 atom stereocenters. The highest BCUT2D eigenvalue weighted by molar-refractivity contribution is 6.28. The Hall–Kier alpha value is -5.63. The summed E-state index contributed by atoms with van der Waals surface area (Å²) in [6.45, 7) is 6.02. The zero-order valence-electron chi connectivity index (χ0n) is 25.0. The Kier molecular flexibility index (Phi) is 7.17. The van der Waals surface area contributed by atoms with Crippen molar-refractivity contribution in [1.29, 1.82) is 0 Å². The van der Waals surface area contributed by atoms with Gasteiger partial charge in [-0.2, -0.15) is 0 Å². The van der Waals surface area contributed by atoms with E-state index in [9.17, 15) is 14.4 Å². The third-order valence-electron chi connectivity index (χ3n) is 8.32. The maximum absolute atomic E-state index is 13.1. The Morgan fingerprint density at radius 3 is 2.20 bits per heavy atom. The van der Waals surface area contributed by atoms with Crippen LogP contribution in [0.3, 0.4) is 0 Å². The van der Waals surface area contributed by atoms with Crippen LogP contribution in [0.1, 0.15) is 61.1 Å². The second kappa shape index (κ2) is 11.5. The van der Waals surface area contributed by atoms with Crippen molar-refractivity contribution < 1.29 is 19.1 Å². The zero-order chi connectivity index (χ0) is 31.1. The highest BCUT2D eigenvalue weighted by atomic mass is 16.5. The van der Waals surface area contributed by atoms with E-state index in [0.717, 1.165) is 57.1 Å². The molecule has 8 heteroatoms. The topological polar surface area (TPSA) is 109 Å². The van der Waals surface area contributed by atoms with E-state index in [1.54, 1.807) is 36.4 Å². The van der Waals surface area contributed by atoms with Gasteiger partial charge in [-0.05, 0) is 50.1 Å². The monoisotopic (exact) mass is 596 g/mol. The highest BCUT2D eigenvalue weighted by Gasteiger charge is 2.30. The highest BCUT2D eigenvalue weighted by Crippen LogP contribution is 2.49. The molecule has 8 nitrogen and oxygen atoms in total. The molecule has 5 aromatic carbocycles. The maximum Gasteiger partial charge on any atom is 0.251 e. The van der Waals surface area contributed by atoms with Gasteiger partial charge in [-0.15, -0.1) is 0 Å². The molecule has 1 heterocycles. The maximum atomic E-state index is 13.1. The number of rotatable bonds is 8. The van der Waals surface area contributed by atoms with Crippen LogP contribution in [-0.4, -0.2) is 37.1 Å². The van der Waals surface area contributed by atoms with Crippen molar-refractivity contribution in [1.82, 2.24) is 5.32 Å². The van der Waals surface area contributed by atoms with Gasteiger partial charge in [0.1, 0.15) is 0 Å². The number of nitrogens with one attached hydrogen (secondary N) is 4. The number of benzene rings is 5. The normalized spacial score (nSPS) is 12.7. The molecule has 0 unspecified atom stereocenters. The van der Waals surface area contributed by atoms with E-state index >= 15 is 0 Å². The summed E-state index contributed by atoms with van der Waals surface area (Å²) in [5.41, 5.74) is 6.70. The van der Waals surface area contributed by atoms with Crippen molar-refractivity contribution >= 4 is 51.0 Å². The Morgan fingerprint density at radius 2 is 1.42 bits per heavy atom. The molecule has 4 N–H and O–H groups in total. The van der Waals surface area contributed by atoms with Crippen molar-refractivity contribution in [2.75, 3.05) is 35.6 Å². The van der Waals surface area contributed by atoms with Crippen LogP contribution in [0.4, 0.5) is 22.7 Å². The minimum Gasteiger partial charge on any atom is -0.453 e. The molecule has 1 amide bonds. The number of carbonyl (C=O) groups is 3. The number of fused-ring (bicyclic) bond motifs is 6. The predicted molar refractivity (Wildman–Crippen MR) is 178 cm³/mol. The van der Waals surface area contributed by atoms with E-state index in [0.29, 0.717) is 41.8 Å². The van der Waals surface area contributed by atoms with Gasteiger partial charge in [0, 0.05) is 81.7 Å². The average molecular weight is 597 g/mol. The van der Waals surface area contributed by atoms with E-state index < -0.39 is 0 Å². The fourth-order valence-electron chi connectivity index (χ4n) is 6.07. The van der Waals surface area contributed by atoms with Crippen molar-refractivity contribution in [2.45, 2.75) is 20.3 Å². The van der Waals surface area contributed by atoms with Crippen molar-refractivity contribution in [3.63, 3.8) is 0 Å². The van der Waals surface area contributed by atoms with E-state index in [1.165, 1.54) is 6.07 Å². The number of hydrogen-bond acceptors (Lipinski definition) is 7. The first-order valence-corrected chi connectivity index (χ1v) is 15.2. The average Bonchev–Trinajstić information content (AvgIpc) is 3.06. The first kappa shape index (κ1) is 28.2. The molecule has 45 heavy (non-hydrogen) atoms. The third kappa shape index (κ3) is 5.04. The van der Waals surface area contributed by atoms with E-state index in [2.05, 4.69) is 53.3 Å². The summed E-state index contributed by atoms with van der Waals surface area (Å²) >= 11 is 0. The fourth-order valence-corrected chi connectivity index (χ4v) is 6.07. The number of amides is 1. The third-order valence-corrected chi connectivity index (χ3v) is 8.32. The number of ether oxygens (including phenoxy) is 1. The lowest BCUT2D eigenvalue weighted by atomic mass is 9.83. The van der Waals surface area contributed by atoms with Gasteiger partial charge in [0.05, 0.1) is 11.4 Å². The molecular weight excluding hydrogens is 564 g/mol. The Labute approximate surface area is 260 Å². The largest absolute Gasteiger partial charge is 0.453 e. The minimum absolute atomic E-state index is 0.202. The first-order valence-electron chi connectivity index (χ1n) is 15.2. The summed E-state index contributed by atoms with van der Waals surface area (Å²) in [7, 11) is 0. The summed E-state index contributed by atoms with van der Waals surface area (Å²) < 4.78 is 6.40. The molecule has 0 saturated heterocycles. The fraction of sp³-hybridized carbons (Fsp3) is 0.162. The SMILES string of the molecule is CCNc1cc2c(cc1C)Nc1c(cc(NCCCNC(=O)c3ccc4c(c3)C(=O)c3ccccc3C4=O)c3ccccc13)O2. The van der Waals surface area contributed by atoms with Crippen molar-refractivity contribution in [2.24, 2.45) is 0 Å². The molecule has 1 aliphatic heterocycles. The summed E-state index contributed by atoms with van der Waals surface area (Å²) in [5, 5.41) is 15.6. The van der Waals surface area contributed by atoms with Crippen LogP contribution < -0.4 is 26.0 Å². The number of ketones is 2. The predicted octanol–water partition coefficient (Wildman–Crippen LogP) is 7.44. The smallest absolute Gasteiger partial charge is 0.251 e. The lowest BCUT2D eigenvalue weighted by Crippen LogP contribution is -2.27. The molecular formula is C37H32N4O4. The number of carbonyl (C=O) groups excluding carboxylic acids is 3. The lowest BCUT2D eigenvalue weighted by Gasteiger charge is -2.26. The van der Waals surface area contributed by atoms with Gasteiger partial charge in [0.15, 0.2) is 23.1 Å². The van der Waals surface area contributed by atoms with Crippen molar-refractivity contribution in [3.8, 4) is 11.5 Å². The van der Waals surface area contributed by atoms with Crippen LogP contribution in [0, 0.1) is 6.92 Å². The second-order valence-electron chi connectivity index (χ2n) is 11.3. The van der Waals surface area contributed by atoms with Gasteiger partial charge in [-0.1, -0.05) is 48.5 Å². The molecule has 224 valence electrons. The molecule has 7 rings (SSSR count). The van der Waals surface area contributed by atoms with Gasteiger partial charge >= 0.3 is 0 Å². The Bertz CT molecular complexity index is 2030. The summed E-state index contributed by atoms with van der Waals surface area (Å²) in [6.07, 6.45) is 0.667. The summed E-state index contributed by atoms with van der Waals surface area (Å²) in [5.74, 6) is 0.775. The molecule has 0 radical (unpaired) electrons. The molecule has 2 aliphatic rings. The lowest BCUT2D eigenvalue weighted by molar-refractivity contribution is 0.0951. The van der Waals surface area contributed by atoms with Crippen LogP contribution in [0.5, 0.6) is 11.5 Å². The second-order valence-corrected chi connectivity index (χ2v) is 11.3. The van der Waals surface area contributed by atoms with Gasteiger partial charge < -0.3 is 26.0 Å². The van der Waals surface area contributed by atoms with Gasteiger partial charge in [-0.25, -0.2) is 0 Å². The first-order chi connectivity index (χ1) is 21.9. The molecule has 0 saturated carbocycles. The van der Waals surface area contributed by atoms with Gasteiger partial charge in [0.25, 0.3) is 5.91 Å². The van der Waals surface area contributed by atoms with Crippen LogP contribution in [0.15, 0.2) is 84.9 Å². The quantitative estimate of drug-likeness (QED) is 0.135. The Balaban J connectivity index is 1.02. The van der Waals surface area contributed by atoms with Crippen LogP contribution >= 0.6 is 0 Å². The summed E-state index contributed by atoms with van der Waals surface area (Å²) in [6, 6.07) is 25.8. The van der Waals surface area contributed by atoms with Crippen molar-refractivity contribution in [3.05, 3.63) is 118 Å². The molecule has 1 aliphatic carbocycles. The van der Waals surface area contributed by atoms with Gasteiger partial charge in [-0.3, -0.25) is 14.4 Å².